The van der Waals surface area contributed by atoms with Crippen molar-refractivity contribution in [2.24, 2.45) is 5.10 Å². The highest BCUT2D eigenvalue weighted by Gasteiger charge is 2.28. The molecule has 4 rings (SSSR count). The number of carbonyl (C=O) groups excluding carboxylic acids is 1. The minimum absolute atomic E-state index is 0.106. The number of fused-ring (bicyclic) bond motifs is 1. The van der Waals surface area contributed by atoms with Gasteiger partial charge in [-0.15, -0.1) is 0 Å². The highest BCUT2D eigenvalue weighted by atomic mass is 32.2. The van der Waals surface area contributed by atoms with Gasteiger partial charge in [-0.25, -0.2) is 13.8 Å². The van der Waals surface area contributed by atoms with Crippen LogP contribution < -0.4 is 19.2 Å². The molecule has 1 N–H and O–H groups in total. The van der Waals surface area contributed by atoms with Crippen LogP contribution in [-0.2, 0) is 21.2 Å². The number of rotatable bonds is 8. The van der Waals surface area contributed by atoms with Crippen LogP contribution in [0.15, 0.2) is 82.8 Å². The van der Waals surface area contributed by atoms with Crippen molar-refractivity contribution in [1.29, 1.82) is 0 Å². The van der Waals surface area contributed by atoms with Gasteiger partial charge in [0.05, 0.1) is 16.3 Å². The van der Waals surface area contributed by atoms with Crippen LogP contribution in [0.5, 0.6) is 11.5 Å². The SMILES string of the molecule is CCc1ccccc1N(CC(=O)N/N=C(/C)c1ccc2c(c1)OCCO2)S(=O)(=O)c1ccccc1. The van der Waals surface area contributed by atoms with Crippen LogP contribution in [0.4, 0.5) is 5.69 Å². The predicted molar refractivity (Wildman–Crippen MR) is 135 cm³/mol. The van der Waals surface area contributed by atoms with Crippen molar-refractivity contribution < 1.29 is 22.7 Å². The standard InChI is InChI=1S/C26H27N3O5S/c1-3-20-9-7-8-12-23(20)29(35(31,32)22-10-5-4-6-11-22)18-26(30)28-27-19(2)21-13-14-24-25(17-21)34-16-15-33-24/h4-14,17H,3,15-16,18H2,1-2H3,(H,28,30)/b27-19-. The number of ether oxygens (including phenoxy) is 2. The Bertz CT molecular complexity index is 1340. The number of nitrogens with zero attached hydrogens (tertiary/aromatic N) is 2. The first-order valence-corrected chi connectivity index (χ1v) is 12.7. The van der Waals surface area contributed by atoms with Crippen molar-refractivity contribution in [2.45, 2.75) is 25.2 Å². The van der Waals surface area contributed by atoms with Crippen molar-refractivity contribution >= 4 is 27.3 Å². The van der Waals surface area contributed by atoms with E-state index in [2.05, 4.69) is 10.5 Å². The van der Waals surface area contributed by atoms with Crippen LogP contribution in [0, 0.1) is 0 Å². The Kier molecular flexibility index (Phi) is 7.36. The molecule has 0 aromatic heterocycles. The Labute approximate surface area is 205 Å². The molecule has 0 atom stereocenters. The fraction of sp³-hybridized carbons (Fsp3) is 0.231. The number of aryl methyl sites for hydroxylation is 1. The summed E-state index contributed by atoms with van der Waals surface area (Å²) in [5.74, 6) is 0.714. The topological polar surface area (TPSA) is 97.3 Å². The molecule has 0 unspecified atom stereocenters. The molecule has 8 nitrogen and oxygen atoms in total. The molecule has 3 aromatic rings. The molecule has 1 amide bonds. The number of hydrazone groups is 1. The maximum atomic E-state index is 13.5. The fourth-order valence-electron chi connectivity index (χ4n) is 3.72. The van der Waals surface area contributed by atoms with Gasteiger partial charge in [-0.3, -0.25) is 9.10 Å². The van der Waals surface area contributed by atoms with Gasteiger partial charge in [-0.05, 0) is 55.3 Å². The van der Waals surface area contributed by atoms with Crippen molar-refractivity contribution in [1.82, 2.24) is 5.43 Å². The number of anilines is 1. The first-order chi connectivity index (χ1) is 16.9. The van der Waals surface area contributed by atoms with Gasteiger partial charge in [-0.2, -0.15) is 5.10 Å². The van der Waals surface area contributed by atoms with E-state index in [1.54, 1.807) is 49.4 Å². The molecule has 1 aliphatic heterocycles. The molecule has 0 saturated heterocycles. The van der Waals surface area contributed by atoms with E-state index in [1.807, 2.05) is 25.1 Å². The zero-order valence-corrected chi connectivity index (χ0v) is 20.4. The first kappa shape index (κ1) is 24.3. The number of carbonyl (C=O) groups is 1. The molecule has 3 aromatic carbocycles. The molecule has 1 aliphatic rings. The van der Waals surface area contributed by atoms with E-state index in [1.165, 1.54) is 12.1 Å². The van der Waals surface area contributed by atoms with Crippen LogP contribution in [0.3, 0.4) is 0 Å². The molecule has 9 heteroatoms. The second kappa shape index (κ2) is 10.6. The van der Waals surface area contributed by atoms with E-state index in [0.29, 0.717) is 42.5 Å². The summed E-state index contributed by atoms with van der Waals surface area (Å²) in [5.41, 5.74) is 5.06. The van der Waals surface area contributed by atoms with E-state index >= 15 is 0 Å². The van der Waals surface area contributed by atoms with Gasteiger partial charge in [0.1, 0.15) is 19.8 Å². The van der Waals surface area contributed by atoms with Crippen molar-refractivity contribution in [3.05, 3.63) is 83.9 Å². The van der Waals surface area contributed by atoms with Gasteiger partial charge in [0.2, 0.25) is 0 Å². The molecular formula is C26H27N3O5S. The van der Waals surface area contributed by atoms with Crippen LogP contribution in [0.1, 0.15) is 25.0 Å². The zero-order valence-electron chi connectivity index (χ0n) is 19.6. The largest absolute Gasteiger partial charge is 0.486 e. The number of sulfonamides is 1. The lowest BCUT2D eigenvalue weighted by atomic mass is 10.1. The molecule has 1 heterocycles. The van der Waals surface area contributed by atoms with Crippen LogP contribution in [-0.4, -0.2) is 39.8 Å². The number of hydrogen-bond acceptors (Lipinski definition) is 6. The predicted octanol–water partition coefficient (Wildman–Crippen LogP) is 3.76. The average molecular weight is 494 g/mol. The smallest absolute Gasteiger partial charge is 0.264 e. The summed E-state index contributed by atoms with van der Waals surface area (Å²) in [5, 5.41) is 4.19. The van der Waals surface area contributed by atoms with E-state index in [-0.39, 0.29) is 4.90 Å². The third-order valence-corrected chi connectivity index (χ3v) is 7.34. The molecule has 0 aliphatic carbocycles. The van der Waals surface area contributed by atoms with Crippen molar-refractivity contribution in [2.75, 3.05) is 24.1 Å². The Hall–Kier alpha value is -3.85. The zero-order chi connectivity index (χ0) is 24.8. The number of nitrogens with one attached hydrogen (secondary N) is 1. The number of para-hydroxylation sites is 1. The molecule has 182 valence electrons. The molecule has 0 radical (unpaired) electrons. The van der Waals surface area contributed by atoms with E-state index in [9.17, 15) is 13.2 Å². The van der Waals surface area contributed by atoms with Gasteiger partial charge in [-0.1, -0.05) is 43.3 Å². The van der Waals surface area contributed by atoms with Crippen molar-refractivity contribution in [3.63, 3.8) is 0 Å². The van der Waals surface area contributed by atoms with E-state index in [0.717, 1.165) is 15.4 Å². The van der Waals surface area contributed by atoms with Gasteiger partial charge < -0.3 is 9.47 Å². The number of hydrogen-bond donors (Lipinski definition) is 1. The molecule has 35 heavy (non-hydrogen) atoms. The molecule has 0 spiro atoms. The Morgan fingerprint density at radius 2 is 1.66 bits per heavy atom. The Balaban J connectivity index is 1.58. The number of amides is 1. The van der Waals surface area contributed by atoms with Gasteiger partial charge in [0, 0.05) is 5.56 Å². The fourth-order valence-corrected chi connectivity index (χ4v) is 5.20. The summed E-state index contributed by atoms with van der Waals surface area (Å²) in [6.07, 6.45) is 0.611. The van der Waals surface area contributed by atoms with E-state index in [4.69, 9.17) is 9.47 Å². The minimum atomic E-state index is -3.99. The maximum absolute atomic E-state index is 13.5. The van der Waals surface area contributed by atoms with Gasteiger partial charge in [0.15, 0.2) is 11.5 Å². The normalized spacial score (nSPS) is 13.3. The third-order valence-electron chi connectivity index (χ3n) is 5.57. The lowest BCUT2D eigenvalue weighted by Gasteiger charge is -2.25. The van der Waals surface area contributed by atoms with Crippen LogP contribution >= 0.6 is 0 Å². The number of benzene rings is 3. The average Bonchev–Trinajstić information content (AvgIpc) is 2.90. The summed E-state index contributed by atoms with van der Waals surface area (Å²) in [4.78, 5) is 13.0. The highest BCUT2D eigenvalue weighted by molar-refractivity contribution is 7.92. The molecule has 0 bridgehead atoms. The lowest BCUT2D eigenvalue weighted by molar-refractivity contribution is -0.119. The monoisotopic (exact) mass is 493 g/mol. The van der Waals surface area contributed by atoms with Gasteiger partial charge >= 0.3 is 0 Å². The minimum Gasteiger partial charge on any atom is -0.486 e. The van der Waals surface area contributed by atoms with E-state index < -0.39 is 22.5 Å². The van der Waals surface area contributed by atoms with Crippen LogP contribution in [0.2, 0.25) is 0 Å². The van der Waals surface area contributed by atoms with Crippen LogP contribution in [0.25, 0.3) is 0 Å². The van der Waals surface area contributed by atoms with Gasteiger partial charge in [0.25, 0.3) is 15.9 Å². The Morgan fingerprint density at radius 3 is 2.40 bits per heavy atom. The molecule has 0 fully saturated rings. The lowest BCUT2D eigenvalue weighted by Crippen LogP contribution is -2.40. The second-order valence-corrected chi connectivity index (χ2v) is 9.76. The maximum Gasteiger partial charge on any atom is 0.264 e. The summed E-state index contributed by atoms with van der Waals surface area (Å²) in [6.45, 7) is 4.23. The quantitative estimate of drug-likeness (QED) is 0.381. The molecular weight excluding hydrogens is 466 g/mol. The highest BCUT2D eigenvalue weighted by Crippen LogP contribution is 2.31. The summed E-state index contributed by atoms with van der Waals surface area (Å²) in [7, 11) is -3.99. The second-order valence-electron chi connectivity index (χ2n) is 7.90. The first-order valence-electron chi connectivity index (χ1n) is 11.3. The summed E-state index contributed by atoms with van der Waals surface area (Å²) in [6, 6.07) is 20.6. The summed E-state index contributed by atoms with van der Waals surface area (Å²) < 4.78 is 39.3. The summed E-state index contributed by atoms with van der Waals surface area (Å²) >= 11 is 0. The Morgan fingerprint density at radius 1 is 0.971 bits per heavy atom. The molecule has 0 saturated carbocycles. The third kappa shape index (κ3) is 5.46. The van der Waals surface area contributed by atoms with Crippen molar-refractivity contribution in [3.8, 4) is 11.5 Å².